The average Bonchev–Trinajstić information content (AvgIpc) is 3.06. The fraction of sp³-hybridized carbons (Fsp3) is 0.150. The molecule has 2 aromatic carbocycles. The molecule has 3 aromatic rings. The molecule has 0 fully saturated rings. The summed E-state index contributed by atoms with van der Waals surface area (Å²) >= 11 is 1.32. The number of carbonyl (C=O) groups is 3. The lowest BCUT2D eigenvalue weighted by molar-refractivity contribution is -0.123. The first-order chi connectivity index (χ1) is 12.5. The Hall–Kier alpha value is -2.99. The Labute approximate surface area is 154 Å². The molecule has 1 aromatic heterocycles. The lowest BCUT2D eigenvalue weighted by atomic mass is 10.1. The van der Waals surface area contributed by atoms with E-state index in [1.165, 1.54) is 25.2 Å². The van der Waals surface area contributed by atoms with Crippen molar-refractivity contribution in [3.05, 3.63) is 65.0 Å². The van der Waals surface area contributed by atoms with Crippen molar-refractivity contribution in [3.8, 4) is 0 Å². The number of esters is 1. The molecule has 3 rings (SSSR count). The summed E-state index contributed by atoms with van der Waals surface area (Å²) in [6.45, 7) is 2.92. The van der Waals surface area contributed by atoms with Gasteiger partial charge < -0.3 is 10.1 Å². The number of rotatable bonds is 5. The number of anilines is 1. The third-order valence-electron chi connectivity index (χ3n) is 3.84. The van der Waals surface area contributed by atoms with Crippen LogP contribution in [0.1, 0.15) is 33.9 Å². The molecule has 26 heavy (non-hydrogen) atoms. The number of benzene rings is 2. The number of thiophene rings is 1. The molecule has 1 N–H and O–H groups in total. The van der Waals surface area contributed by atoms with Crippen LogP contribution in [0.4, 0.5) is 5.69 Å². The topological polar surface area (TPSA) is 72.5 Å². The molecule has 1 atom stereocenters. The lowest BCUT2D eigenvalue weighted by Gasteiger charge is -2.14. The van der Waals surface area contributed by atoms with E-state index in [2.05, 4.69) is 5.32 Å². The molecule has 0 aliphatic carbocycles. The van der Waals surface area contributed by atoms with Crippen LogP contribution in [0.25, 0.3) is 10.1 Å². The quantitative estimate of drug-likeness (QED) is 0.539. The summed E-state index contributed by atoms with van der Waals surface area (Å²) in [7, 11) is 0. The molecule has 1 amide bonds. The third-order valence-corrected chi connectivity index (χ3v) is 4.94. The first-order valence-electron chi connectivity index (χ1n) is 8.06. The highest BCUT2D eigenvalue weighted by Gasteiger charge is 2.21. The van der Waals surface area contributed by atoms with Crippen molar-refractivity contribution in [2.75, 3.05) is 5.32 Å². The van der Waals surface area contributed by atoms with Gasteiger partial charge in [0.25, 0.3) is 5.91 Å². The second-order valence-corrected chi connectivity index (χ2v) is 6.87. The Morgan fingerprint density at radius 3 is 2.46 bits per heavy atom. The molecule has 0 radical (unpaired) electrons. The van der Waals surface area contributed by atoms with E-state index < -0.39 is 18.0 Å². The minimum atomic E-state index is -0.993. The Balaban J connectivity index is 1.69. The molecule has 0 saturated carbocycles. The molecule has 5 nitrogen and oxygen atoms in total. The normalized spacial score (nSPS) is 11.8. The number of hydrogen-bond acceptors (Lipinski definition) is 5. The minimum absolute atomic E-state index is 0.157. The highest BCUT2D eigenvalue weighted by molar-refractivity contribution is 7.20. The highest BCUT2D eigenvalue weighted by Crippen LogP contribution is 2.26. The maximum atomic E-state index is 12.3. The van der Waals surface area contributed by atoms with Gasteiger partial charge in [-0.15, -0.1) is 11.3 Å². The number of ketones is 1. The molecule has 0 aliphatic heterocycles. The van der Waals surface area contributed by atoms with Crippen LogP contribution >= 0.6 is 11.3 Å². The van der Waals surface area contributed by atoms with E-state index in [1.807, 2.05) is 24.3 Å². The highest BCUT2D eigenvalue weighted by atomic mass is 32.1. The van der Waals surface area contributed by atoms with Gasteiger partial charge in [-0.05, 0) is 43.5 Å². The van der Waals surface area contributed by atoms with Crippen LogP contribution in [-0.2, 0) is 9.53 Å². The van der Waals surface area contributed by atoms with E-state index in [1.54, 1.807) is 30.3 Å². The van der Waals surface area contributed by atoms with Crippen LogP contribution in [0, 0.1) is 0 Å². The zero-order chi connectivity index (χ0) is 18.7. The fourth-order valence-corrected chi connectivity index (χ4v) is 3.43. The molecule has 0 saturated heterocycles. The predicted octanol–water partition coefficient (Wildman–Crippen LogP) is 4.29. The summed E-state index contributed by atoms with van der Waals surface area (Å²) in [5.41, 5.74) is 0.804. The zero-order valence-corrected chi connectivity index (χ0v) is 15.1. The molecule has 0 bridgehead atoms. The Kier molecular flexibility index (Phi) is 5.14. The lowest BCUT2D eigenvalue weighted by Crippen LogP contribution is -2.30. The first kappa shape index (κ1) is 17.8. The number of ether oxygens (including phenoxy) is 1. The van der Waals surface area contributed by atoms with Gasteiger partial charge in [0.05, 0.1) is 5.69 Å². The summed E-state index contributed by atoms with van der Waals surface area (Å²) in [5.74, 6) is -1.20. The van der Waals surface area contributed by atoms with E-state index in [0.717, 1.165) is 10.1 Å². The smallest absolute Gasteiger partial charge is 0.349 e. The van der Waals surface area contributed by atoms with Gasteiger partial charge in [0.15, 0.2) is 11.9 Å². The maximum Gasteiger partial charge on any atom is 0.349 e. The van der Waals surface area contributed by atoms with Crippen molar-refractivity contribution in [2.24, 2.45) is 0 Å². The van der Waals surface area contributed by atoms with E-state index in [0.29, 0.717) is 16.1 Å². The number of carbonyl (C=O) groups excluding carboxylic acids is 3. The molecule has 0 spiro atoms. The van der Waals surface area contributed by atoms with Crippen LogP contribution in [0.15, 0.2) is 54.6 Å². The maximum absolute atomic E-state index is 12.3. The fourth-order valence-electron chi connectivity index (χ4n) is 2.49. The zero-order valence-electron chi connectivity index (χ0n) is 14.3. The van der Waals surface area contributed by atoms with Gasteiger partial charge in [0, 0.05) is 10.3 Å². The van der Waals surface area contributed by atoms with Gasteiger partial charge in [-0.1, -0.05) is 30.3 Å². The summed E-state index contributed by atoms with van der Waals surface area (Å²) in [5, 5.41) is 3.60. The predicted molar refractivity (Wildman–Crippen MR) is 102 cm³/mol. The van der Waals surface area contributed by atoms with E-state index in [4.69, 9.17) is 4.74 Å². The Morgan fingerprint density at radius 1 is 1.04 bits per heavy atom. The monoisotopic (exact) mass is 367 g/mol. The van der Waals surface area contributed by atoms with Gasteiger partial charge in [-0.2, -0.15) is 0 Å². The summed E-state index contributed by atoms with van der Waals surface area (Å²) in [6, 6.07) is 16.1. The summed E-state index contributed by atoms with van der Waals surface area (Å²) < 4.78 is 6.25. The average molecular weight is 367 g/mol. The second-order valence-electron chi connectivity index (χ2n) is 5.79. The molecule has 132 valence electrons. The second kappa shape index (κ2) is 7.49. The van der Waals surface area contributed by atoms with Crippen LogP contribution in [0.2, 0.25) is 0 Å². The largest absolute Gasteiger partial charge is 0.448 e. The number of Topliss-reactive ketones (excluding diaryl/α,β-unsaturated/α-hetero) is 1. The van der Waals surface area contributed by atoms with Gasteiger partial charge in [-0.3, -0.25) is 9.59 Å². The molecule has 1 heterocycles. The third kappa shape index (κ3) is 3.81. The Bertz CT molecular complexity index is 959. The van der Waals surface area contributed by atoms with Crippen molar-refractivity contribution in [3.63, 3.8) is 0 Å². The van der Waals surface area contributed by atoms with Gasteiger partial charge in [0.2, 0.25) is 0 Å². The number of hydrogen-bond donors (Lipinski definition) is 1. The molecule has 0 aliphatic rings. The van der Waals surface area contributed by atoms with E-state index in [-0.39, 0.29) is 5.78 Å². The van der Waals surface area contributed by atoms with Crippen molar-refractivity contribution < 1.29 is 19.1 Å². The molecular weight excluding hydrogens is 350 g/mol. The first-order valence-corrected chi connectivity index (χ1v) is 8.88. The van der Waals surface area contributed by atoms with Crippen molar-refractivity contribution in [1.82, 2.24) is 0 Å². The van der Waals surface area contributed by atoms with Crippen LogP contribution in [0.5, 0.6) is 0 Å². The van der Waals surface area contributed by atoms with Crippen LogP contribution < -0.4 is 5.32 Å². The standard InChI is InChI=1S/C20H17NO4S/c1-12(22)15-8-4-5-9-16(15)21-19(23)13(2)25-20(24)18-11-14-7-3-6-10-17(14)26-18/h3-11,13H,1-2H3,(H,21,23)/t13-/m0/s1. The van der Waals surface area contributed by atoms with Crippen molar-refractivity contribution in [2.45, 2.75) is 20.0 Å². The van der Waals surface area contributed by atoms with E-state index >= 15 is 0 Å². The summed E-state index contributed by atoms with van der Waals surface area (Å²) in [4.78, 5) is 36.7. The van der Waals surface area contributed by atoms with Crippen LogP contribution in [-0.4, -0.2) is 23.8 Å². The van der Waals surface area contributed by atoms with Crippen LogP contribution in [0.3, 0.4) is 0 Å². The number of para-hydroxylation sites is 1. The SMILES string of the molecule is CC(=O)c1ccccc1NC(=O)[C@H](C)OC(=O)c1cc2ccccc2s1. The number of nitrogens with one attached hydrogen (secondary N) is 1. The van der Waals surface area contributed by atoms with Crippen molar-refractivity contribution in [1.29, 1.82) is 0 Å². The number of fused-ring (bicyclic) bond motifs is 1. The minimum Gasteiger partial charge on any atom is -0.448 e. The van der Waals surface area contributed by atoms with Gasteiger partial charge in [0.1, 0.15) is 4.88 Å². The molecule has 6 heteroatoms. The molecular formula is C20H17NO4S. The molecule has 0 unspecified atom stereocenters. The van der Waals surface area contributed by atoms with Crippen molar-refractivity contribution >= 4 is 44.8 Å². The summed E-state index contributed by atoms with van der Waals surface area (Å²) in [6.07, 6.45) is -0.993. The Morgan fingerprint density at radius 2 is 1.73 bits per heavy atom. The van der Waals surface area contributed by atoms with Gasteiger partial charge in [-0.25, -0.2) is 4.79 Å². The van der Waals surface area contributed by atoms with E-state index in [9.17, 15) is 14.4 Å². The number of amides is 1. The van der Waals surface area contributed by atoms with Gasteiger partial charge >= 0.3 is 5.97 Å².